The number of ketones is 1. The summed E-state index contributed by atoms with van der Waals surface area (Å²) in [5, 5.41) is 28.3. The number of hydrogen-bond acceptors (Lipinski definition) is 7. The predicted molar refractivity (Wildman–Crippen MR) is 66.2 cm³/mol. The molecule has 1 rings (SSSR count). The van der Waals surface area contributed by atoms with Crippen LogP contribution in [0.15, 0.2) is 0 Å². The third kappa shape index (κ3) is 4.79. The third-order valence-electron chi connectivity index (χ3n) is 3.13. The second-order valence-electron chi connectivity index (χ2n) is 4.81. The molecule has 1 heterocycles. The van der Waals surface area contributed by atoms with Crippen LogP contribution in [0.2, 0.25) is 0 Å². The smallest absolute Gasteiger partial charge is 0.175 e. The molecule has 0 amide bonds. The number of unbranched alkanes of at least 4 members (excludes halogenated alkanes) is 1. The van der Waals surface area contributed by atoms with Crippen LogP contribution < -0.4 is 5.73 Å². The highest BCUT2D eigenvalue weighted by Crippen LogP contribution is 2.20. The number of carbonyl (C=O) groups is 1. The van der Waals surface area contributed by atoms with Crippen molar-refractivity contribution in [3.8, 4) is 0 Å². The molecule has 0 radical (unpaired) electrons. The molecule has 0 saturated carbocycles. The van der Waals surface area contributed by atoms with Crippen LogP contribution in [0.4, 0.5) is 0 Å². The molecule has 0 aliphatic carbocycles. The van der Waals surface area contributed by atoms with E-state index < -0.39 is 37.3 Å². The quantitative estimate of drug-likeness (QED) is 0.419. The summed E-state index contributed by atoms with van der Waals surface area (Å²) >= 11 is 0. The van der Waals surface area contributed by atoms with Crippen molar-refractivity contribution in [2.24, 2.45) is 5.73 Å². The van der Waals surface area contributed by atoms with E-state index in [2.05, 4.69) is 0 Å². The summed E-state index contributed by atoms with van der Waals surface area (Å²) in [4.78, 5) is 10.7. The number of Topliss-reactive ketones (excluding diaryl/α,β-unsaturated/α-hetero) is 1. The second-order valence-corrected chi connectivity index (χ2v) is 4.81. The lowest BCUT2D eigenvalue weighted by molar-refractivity contribution is -0.265. The van der Waals surface area contributed by atoms with E-state index >= 15 is 0 Å². The Morgan fingerprint density at radius 1 is 1.32 bits per heavy atom. The van der Waals surface area contributed by atoms with Crippen LogP contribution in [0, 0.1) is 0 Å². The minimum absolute atomic E-state index is 0.129. The number of aliphatic hydroxyl groups is 3. The molecule has 0 aromatic rings. The third-order valence-corrected chi connectivity index (χ3v) is 3.13. The lowest BCUT2D eigenvalue weighted by Gasteiger charge is -2.40. The fourth-order valence-electron chi connectivity index (χ4n) is 1.93. The van der Waals surface area contributed by atoms with Gasteiger partial charge in [-0.1, -0.05) is 0 Å². The highest BCUT2D eigenvalue weighted by Gasteiger charge is 2.42. The summed E-state index contributed by atoms with van der Waals surface area (Å²) < 4.78 is 10.7. The molecule has 0 spiro atoms. The van der Waals surface area contributed by atoms with E-state index in [4.69, 9.17) is 20.3 Å². The number of carbonyl (C=O) groups excluding carboxylic acids is 1. The van der Waals surface area contributed by atoms with Crippen molar-refractivity contribution in [2.45, 2.75) is 56.8 Å². The summed E-state index contributed by atoms with van der Waals surface area (Å²) in [6, 6.07) is -0.870. The van der Waals surface area contributed by atoms with E-state index in [0.717, 1.165) is 0 Å². The maximum atomic E-state index is 10.7. The fraction of sp³-hybridized carbons (Fsp3) is 0.917. The maximum absolute atomic E-state index is 10.7. The summed E-state index contributed by atoms with van der Waals surface area (Å²) in [5.74, 6) is 0.129. The first-order valence-corrected chi connectivity index (χ1v) is 6.46. The van der Waals surface area contributed by atoms with Crippen LogP contribution in [-0.4, -0.2) is 65.0 Å². The molecular formula is C12H23NO6. The fourth-order valence-corrected chi connectivity index (χ4v) is 1.93. The summed E-state index contributed by atoms with van der Waals surface area (Å²) in [5.41, 5.74) is 5.70. The van der Waals surface area contributed by atoms with Gasteiger partial charge in [0.15, 0.2) is 6.29 Å². The molecule has 7 nitrogen and oxygen atoms in total. The zero-order valence-corrected chi connectivity index (χ0v) is 11.1. The highest BCUT2D eigenvalue weighted by molar-refractivity contribution is 5.75. The Balaban J connectivity index is 2.33. The normalized spacial score (nSPS) is 35.3. The van der Waals surface area contributed by atoms with Gasteiger partial charge in [-0.15, -0.1) is 0 Å². The van der Waals surface area contributed by atoms with Crippen molar-refractivity contribution in [3.05, 3.63) is 0 Å². The highest BCUT2D eigenvalue weighted by atomic mass is 16.7. The van der Waals surface area contributed by atoms with E-state index in [1.165, 1.54) is 6.92 Å². The van der Waals surface area contributed by atoms with Crippen LogP contribution >= 0.6 is 0 Å². The zero-order valence-electron chi connectivity index (χ0n) is 11.1. The number of rotatable bonds is 7. The van der Waals surface area contributed by atoms with Crippen LogP contribution in [0.1, 0.15) is 26.2 Å². The van der Waals surface area contributed by atoms with Crippen molar-refractivity contribution >= 4 is 5.78 Å². The first kappa shape index (κ1) is 16.5. The van der Waals surface area contributed by atoms with Gasteiger partial charge in [-0.05, 0) is 19.8 Å². The predicted octanol–water partition coefficient (Wildman–Crippen LogP) is -1.47. The molecule has 5 N–H and O–H groups in total. The molecule has 112 valence electrons. The van der Waals surface area contributed by atoms with Crippen molar-refractivity contribution in [3.63, 3.8) is 0 Å². The Morgan fingerprint density at radius 2 is 2.00 bits per heavy atom. The summed E-state index contributed by atoms with van der Waals surface area (Å²) in [7, 11) is 0. The van der Waals surface area contributed by atoms with Crippen molar-refractivity contribution in [1.29, 1.82) is 0 Å². The van der Waals surface area contributed by atoms with Gasteiger partial charge in [0.2, 0.25) is 0 Å². The standard InChI is InChI=1S/C12H23NO6/c1-7(15)4-2-3-5-18-12-9(13)11(17)10(16)8(6-14)19-12/h8-12,14,16-17H,2-6,13H2,1H3/t8?,9?,10?,11-,12-/m1/s1. The Morgan fingerprint density at radius 3 is 2.58 bits per heavy atom. The van der Waals surface area contributed by atoms with Crippen LogP contribution in [0.5, 0.6) is 0 Å². The van der Waals surface area contributed by atoms with Crippen LogP contribution in [0.3, 0.4) is 0 Å². The molecule has 1 saturated heterocycles. The largest absolute Gasteiger partial charge is 0.394 e. The molecule has 19 heavy (non-hydrogen) atoms. The Labute approximate surface area is 112 Å². The van der Waals surface area contributed by atoms with E-state index in [-0.39, 0.29) is 5.78 Å². The zero-order chi connectivity index (χ0) is 14.4. The summed E-state index contributed by atoms with van der Waals surface area (Å²) in [6.07, 6.45) is -2.31. The van der Waals surface area contributed by atoms with Crippen LogP contribution in [0.25, 0.3) is 0 Å². The van der Waals surface area contributed by atoms with Gasteiger partial charge in [0.05, 0.1) is 12.6 Å². The van der Waals surface area contributed by atoms with E-state index in [0.29, 0.717) is 25.9 Å². The Bertz CT molecular complexity index is 285. The summed E-state index contributed by atoms with van der Waals surface area (Å²) in [6.45, 7) is 1.45. The van der Waals surface area contributed by atoms with Crippen LogP contribution in [-0.2, 0) is 14.3 Å². The number of ether oxygens (including phenoxy) is 2. The molecule has 5 atom stereocenters. The number of hydrogen-bond donors (Lipinski definition) is 4. The Kier molecular flexibility index (Phi) is 6.84. The molecule has 1 fully saturated rings. The maximum Gasteiger partial charge on any atom is 0.175 e. The van der Waals surface area contributed by atoms with Gasteiger partial charge in [0, 0.05) is 13.0 Å². The van der Waals surface area contributed by atoms with Gasteiger partial charge < -0.3 is 35.3 Å². The van der Waals surface area contributed by atoms with E-state index in [1.54, 1.807) is 0 Å². The molecule has 3 unspecified atom stereocenters. The number of aliphatic hydroxyl groups excluding tert-OH is 3. The lowest BCUT2D eigenvalue weighted by atomic mass is 9.98. The minimum atomic E-state index is -1.22. The SMILES string of the molecule is CC(=O)CCCCO[C@@H]1OC(CO)C(O)[C@H](O)C1N. The molecule has 0 bridgehead atoms. The first-order valence-electron chi connectivity index (χ1n) is 6.46. The monoisotopic (exact) mass is 277 g/mol. The number of nitrogens with two attached hydrogens (primary N) is 1. The lowest BCUT2D eigenvalue weighted by Crippen LogP contribution is -2.62. The van der Waals surface area contributed by atoms with Crippen molar-refractivity contribution < 1.29 is 29.6 Å². The van der Waals surface area contributed by atoms with Gasteiger partial charge in [-0.3, -0.25) is 0 Å². The first-order chi connectivity index (χ1) is 8.97. The Hall–Kier alpha value is -0.570. The molecule has 1 aliphatic heterocycles. The van der Waals surface area contributed by atoms with Gasteiger partial charge in [0.1, 0.15) is 24.1 Å². The average Bonchev–Trinajstić information content (AvgIpc) is 2.37. The molecular weight excluding hydrogens is 254 g/mol. The second kappa shape index (κ2) is 7.88. The van der Waals surface area contributed by atoms with Crippen molar-refractivity contribution in [2.75, 3.05) is 13.2 Å². The molecule has 7 heteroatoms. The molecule has 0 aromatic carbocycles. The van der Waals surface area contributed by atoms with E-state index in [1.807, 2.05) is 0 Å². The van der Waals surface area contributed by atoms with Gasteiger partial charge in [-0.2, -0.15) is 0 Å². The molecule has 1 aliphatic rings. The minimum Gasteiger partial charge on any atom is -0.394 e. The van der Waals surface area contributed by atoms with E-state index in [9.17, 15) is 15.0 Å². The van der Waals surface area contributed by atoms with Gasteiger partial charge in [0.25, 0.3) is 0 Å². The molecule has 0 aromatic heterocycles. The van der Waals surface area contributed by atoms with Crippen molar-refractivity contribution in [1.82, 2.24) is 0 Å². The van der Waals surface area contributed by atoms with Gasteiger partial charge >= 0.3 is 0 Å². The topological polar surface area (TPSA) is 122 Å². The van der Waals surface area contributed by atoms with Gasteiger partial charge in [-0.25, -0.2) is 0 Å². The average molecular weight is 277 g/mol.